The molecule has 0 aromatic carbocycles. The second kappa shape index (κ2) is 6.49. The molecule has 0 radical (unpaired) electrons. The van der Waals surface area contributed by atoms with Crippen molar-refractivity contribution in [3.05, 3.63) is 40.1 Å². The molecule has 2 rings (SSSR count). The molecular weight excluding hydrogens is 292 g/mol. The molecule has 0 saturated heterocycles. The van der Waals surface area contributed by atoms with E-state index in [-0.39, 0.29) is 12.2 Å². The van der Waals surface area contributed by atoms with Crippen LogP contribution in [0, 0.1) is 5.92 Å². The van der Waals surface area contributed by atoms with Crippen LogP contribution in [0.2, 0.25) is 0 Å². The minimum Gasteiger partial charge on any atom is -0.481 e. The summed E-state index contributed by atoms with van der Waals surface area (Å²) in [6, 6.07) is 1.86. The molecule has 2 unspecified atom stereocenters. The van der Waals surface area contributed by atoms with Crippen LogP contribution < -0.4 is 0 Å². The number of carbonyl (C=O) groups excluding carboxylic acids is 2. The fraction of sp³-hybridized carbons (Fsp3) is 0.267. The number of thiophene rings is 1. The summed E-state index contributed by atoms with van der Waals surface area (Å²) in [4.78, 5) is 34.2. The van der Waals surface area contributed by atoms with Crippen molar-refractivity contribution in [3.63, 3.8) is 0 Å². The standard InChI is InChI=1S/C15H14O5S/c1-9(6-14(17)18)15(19)20-13-3-2-12(16)11(13)7-10-4-5-21-8-10/h2-5,7-9,13H,6H2,1H3,(H,17,18). The lowest BCUT2D eigenvalue weighted by atomic mass is 10.1. The number of carboxylic acid groups (broad SMARTS) is 1. The number of esters is 1. The van der Waals surface area contributed by atoms with Crippen molar-refractivity contribution in [2.24, 2.45) is 5.92 Å². The number of carbonyl (C=O) groups is 3. The Balaban J connectivity index is 2.08. The average molecular weight is 306 g/mol. The first-order valence-electron chi connectivity index (χ1n) is 6.36. The predicted octanol–water partition coefficient (Wildman–Crippen LogP) is 2.29. The summed E-state index contributed by atoms with van der Waals surface area (Å²) >= 11 is 1.50. The van der Waals surface area contributed by atoms with Crippen LogP contribution in [0.3, 0.4) is 0 Å². The zero-order valence-corrected chi connectivity index (χ0v) is 12.1. The van der Waals surface area contributed by atoms with Crippen LogP contribution >= 0.6 is 11.3 Å². The summed E-state index contributed by atoms with van der Waals surface area (Å²) in [6.45, 7) is 1.49. The van der Waals surface area contributed by atoms with E-state index in [1.165, 1.54) is 30.4 Å². The molecule has 0 amide bonds. The molecule has 6 heteroatoms. The van der Waals surface area contributed by atoms with E-state index < -0.39 is 24.0 Å². The van der Waals surface area contributed by atoms with Gasteiger partial charge in [0.25, 0.3) is 0 Å². The summed E-state index contributed by atoms with van der Waals surface area (Å²) in [5.74, 6) is -2.65. The number of hydrogen-bond acceptors (Lipinski definition) is 5. The Morgan fingerprint density at radius 1 is 1.52 bits per heavy atom. The molecule has 0 saturated carbocycles. The monoisotopic (exact) mass is 306 g/mol. The molecule has 1 N–H and O–H groups in total. The molecule has 1 aliphatic carbocycles. The van der Waals surface area contributed by atoms with E-state index in [1.807, 2.05) is 16.8 Å². The lowest BCUT2D eigenvalue weighted by molar-refractivity contribution is -0.153. The van der Waals surface area contributed by atoms with Gasteiger partial charge in [-0.15, -0.1) is 0 Å². The van der Waals surface area contributed by atoms with Gasteiger partial charge >= 0.3 is 11.9 Å². The second-order valence-corrected chi connectivity index (χ2v) is 5.52. The van der Waals surface area contributed by atoms with Gasteiger partial charge in [0.1, 0.15) is 6.10 Å². The van der Waals surface area contributed by atoms with Gasteiger partial charge in [-0.25, -0.2) is 0 Å². The SMILES string of the molecule is CC(CC(=O)O)C(=O)OC1C=CC(=O)C1=Cc1ccsc1. The molecule has 0 aliphatic heterocycles. The van der Waals surface area contributed by atoms with Crippen LogP contribution in [-0.4, -0.2) is 28.9 Å². The number of ketones is 1. The summed E-state index contributed by atoms with van der Waals surface area (Å²) < 4.78 is 5.23. The third-order valence-electron chi connectivity index (χ3n) is 3.01. The number of ether oxygens (including phenoxy) is 1. The van der Waals surface area contributed by atoms with Crippen LogP contribution in [-0.2, 0) is 19.1 Å². The van der Waals surface area contributed by atoms with Crippen molar-refractivity contribution >= 4 is 35.1 Å². The molecule has 110 valence electrons. The third kappa shape index (κ3) is 3.88. The molecule has 0 bridgehead atoms. The van der Waals surface area contributed by atoms with Gasteiger partial charge in [-0.05, 0) is 40.6 Å². The van der Waals surface area contributed by atoms with Gasteiger partial charge in [-0.1, -0.05) is 6.92 Å². The van der Waals surface area contributed by atoms with Crippen LogP contribution in [0.1, 0.15) is 18.9 Å². The average Bonchev–Trinajstić information content (AvgIpc) is 3.03. The molecule has 5 nitrogen and oxygen atoms in total. The Morgan fingerprint density at radius 2 is 2.29 bits per heavy atom. The molecule has 21 heavy (non-hydrogen) atoms. The number of hydrogen-bond donors (Lipinski definition) is 1. The first-order valence-corrected chi connectivity index (χ1v) is 7.30. The summed E-state index contributed by atoms with van der Waals surface area (Å²) in [6.07, 6.45) is 3.50. The van der Waals surface area contributed by atoms with Gasteiger partial charge in [-0.3, -0.25) is 14.4 Å². The van der Waals surface area contributed by atoms with Crippen molar-refractivity contribution < 1.29 is 24.2 Å². The van der Waals surface area contributed by atoms with Crippen LogP contribution in [0.25, 0.3) is 6.08 Å². The maximum atomic E-state index is 11.8. The van der Waals surface area contributed by atoms with Crippen molar-refractivity contribution in [2.45, 2.75) is 19.4 Å². The quantitative estimate of drug-likeness (QED) is 0.667. The van der Waals surface area contributed by atoms with Gasteiger partial charge < -0.3 is 9.84 Å². The van der Waals surface area contributed by atoms with Gasteiger partial charge in [0.15, 0.2) is 5.78 Å². The molecule has 1 aromatic heterocycles. The Hall–Kier alpha value is -2.21. The van der Waals surface area contributed by atoms with E-state index in [2.05, 4.69) is 0 Å². The van der Waals surface area contributed by atoms with Gasteiger partial charge in [-0.2, -0.15) is 11.3 Å². The Bertz CT molecular complexity index is 612. The van der Waals surface area contributed by atoms with E-state index in [9.17, 15) is 14.4 Å². The highest BCUT2D eigenvalue weighted by Crippen LogP contribution is 2.23. The highest BCUT2D eigenvalue weighted by Gasteiger charge is 2.28. The third-order valence-corrected chi connectivity index (χ3v) is 3.71. The normalized spacial score (nSPS) is 20.7. The Morgan fingerprint density at radius 3 is 2.90 bits per heavy atom. The zero-order valence-electron chi connectivity index (χ0n) is 11.3. The van der Waals surface area contributed by atoms with Crippen LogP contribution in [0.4, 0.5) is 0 Å². The minimum absolute atomic E-state index is 0.204. The Kier molecular flexibility index (Phi) is 4.70. The number of aliphatic carboxylic acids is 1. The fourth-order valence-electron chi connectivity index (χ4n) is 1.89. The second-order valence-electron chi connectivity index (χ2n) is 4.74. The molecule has 2 atom stereocenters. The molecule has 0 spiro atoms. The minimum atomic E-state index is -1.06. The topological polar surface area (TPSA) is 80.7 Å². The first-order chi connectivity index (χ1) is 9.97. The van der Waals surface area contributed by atoms with E-state index in [1.54, 1.807) is 6.08 Å². The maximum Gasteiger partial charge on any atom is 0.310 e. The van der Waals surface area contributed by atoms with E-state index in [0.29, 0.717) is 5.57 Å². The van der Waals surface area contributed by atoms with Crippen molar-refractivity contribution in [3.8, 4) is 0 Å². The van der Waals surface area contributed by atoms with E-state index >= 15 is 0 Å². The van der Waals surface area contributed by atoms with E-state index in [0.717, 1.165) is 5.56 Å². The molecule has 0 fully saturated rings. The van der Waals surface area contributed by atoms with Crippen molar-refractivity contribution in [1.29, 1.82) is 0 Å². The lowest BCUT2D eigenvalue weighted by Gasteiger charge is -2.15. The highest BCUT2D eigenvalue weighted by atomic mass is 32.1. The first kappa shape index (κ1) is 15.2. The molecular formula is C15H14O5S. The largest absolute Gasteiger partial charge is 0.481 e. The van der Waals surface area contributed by atoms with Crippen LogP contribution in [0.15, 0.2) is 34.6 Å². The Labute approximate surface area is 125 Å². The van der Waals surface area contributed by atoms with Gasteiger partial charge in [0.2, 0.25) is 0 Å². The summed E-state index contributed by atoms with van der Waals surface area (Å²) in [7, 11) is 0. The molecule has 1 aliphatic rings. The molecule has 1 heterocycles. The van der Waals surface area contributed by atoms with Gasteiger partial charge in [0.05, 0.1) is 12.3 Å². The summed E-state index contributed by atoms with van der Waals surface area (Å²) in [5.41, 5.74) is 1.25. The van der Waals surface area contributed by atoms with Crippen molar-refractivity contribution in [2.75, 3.05) is 0 Å². The van der Waals surface area contributed by atoms with Crippen LogP contribution in [0.5, 0.6) is 0 Å². The zero-order chi connectivity index (χ0) is 15.4. The number of carboxylic acids is 1. The lowest BCUT2D eigenvalue weighted by Crippen LogP contribution is -2.24. The fourth-order valence-corrected chi connectivity index (χ4v) is 2.51. The van der Waals surface area contributed by atoms with Crippen molar-refractivity contribution in [1.82, 2.24) is 0 Å². The van der Waals surface area contributed by atoms with E-state index in [4.69, 9.17) is 9.84 Å². The highest BCUT2D eigenvalue weighted by molar-refractivity contribution is 7.08. The predicted molar refractivity (Wildman–Crippen MR) is 77.7 cm³/mol. The smallest absolute Gasteiger partial charge is 0.310 e. The number of rotatable bonds is 5. The maximum absolute atomic E-state index is 11.8. The van der Waals surface area contributed by atoms with Gasteiger partial charge in [0, 0.05) is 5.57 Å². The summed E-state index contributed by atoms with van der Waals surface area (Å²) in [5, 5.41) is 12.4. The molecule has 1 aromatic rings. The number of allylic oxidation sites excluding steroid dienone is 1.